The summed E-state index contributed by atoms with van der Waals surface area (Å²) >= 11 is 0. The normalized spacial score (nSPS) is 23.8. The third kappa shape index (κ3) is 1.43. The molecule has 1 aromatic rings. The highest BCUT2D eigenvalue weighted by Gasteiger charge is 2.42. The van der Waals surface area contributed by atoms with Gasteiger partial charge < -0.3 is 4.74 Å². The first kappa shape index (κ1) is 10.9. The Morgan fingerprint density at radius 1 is 1.38 bits per heavy atom. The number of carbonyl (C=O) groups is 2. The Morgan fingerprint density at radius 3 is 2.75 bits per heavy atom. The quantitative estimate of drug-likeness (QED) is 0.678. The smallest absolute Gasteiger partial charge is 0.316 e. The molecule has 0 amide bonds. The van der Waals surface area contributed by atoms with Gasteiger partial charge in [0.2, 0.25) is 0 Å². The lowest BCUT2D eigenvalue weighted by molar-refractivity contribution is -0.147. The predicted octanol–water partition coefficient (Wildman–Crippen LogP) is 2.09. The number of carbonyl (C=O) groups excluding carboxylic acids is 2. The van der Waals surface area contributed by atoms with Crippen molar-refractivity contribution in [3.05, 3.63) is 35.4 Å². The lowest BCUT2D eigenvalue weighted by Gasteiger charge is -2.32. The summed E-state index contributed by atoms with van der Waals surface area (Å²) in [6.45, 7) is 1.84. The van der Waals surface area contributed by atoms with E-state index in [1.807, 2.05) is 25.1 Å². The van der Waals surface area contributed by atoms with Gasteiger partial charge in [-0.05, 0) is 18.9 Å². The van der Waals surface area contributed by atoms with Crippen LogP contribution in [-0.2, 0) is 14.9 Å². The van der Waals surface area contributed by atoms with Gasteiger partial charge in [0.25, 0.3) is 0 Å². The van der Waals surface area contributed by atoms with Crippen molar-refractivity contribution in [3.63, 3.8) is 0 Å². The van der Waals surface area contributed by atoms with E-state index in [0.717, 1.165) is 5.56 Å². The van der Waals surface area contributed by atoms with Gasteiger partial charge in [0, 0.05) is 12.0 Å². The van der Waals surface area contributed by atoms with E-state index in [4.69, 9.17) is 4.74 Å². The standard InChI is InChI=1S/C13H14O3/c1-13(12(15)16-2)8-7-11(14)9-5-3-4-6-10(9)13/h3-6H,7-8H2,1-2H3/t13-/m0/s1. The molecule has 0 fully saturated rings. The van der Waals surface area contributed by atoms with Crippen molar-refractivity contribution < 1.29 is 14.3 Å². The Labute approximate surface area is 94.4 Å². The number of ether oxygens (including phenoxy) is 1. The van der Waals surface area contributed by atoms with Gasteiger partial charge in [-0.2, -0.15) is 0 Å². The number of hydrogen-bond acceptors (Lipinski definition) is 3. The molecule has 1 aliphatic rings. The van der Waals surface area contributed by atoms with Crippen LogP contribution in [-0.4, -0.2) is 18.9 Å². The monoisotopic (exact) mass is 218 g/mol. The Bertz CT molecular complexity index is 450. The molecule has 0 saturated heterocycles. The Morgan fingerprint density at radius 2 is 2.06 bits per heavy atom. The largest absolute Gasteiger partial charge is 0.468 e. The van der Waals surface area contributed by atoms with Gasteiger partial charge in [0.1, 0.15) is 0 Å². The number of ketones is 1. The summed E-state index contributed by atoms with van der Waals surface area (Å²) in [4.78, 5) is 23.6. The number of methoxy groups -OCH3 is 1. The zero-order valence-corrected chi connectivity index (χ0v) is 9.45. The maximum Gasteiger partial charge on any atom is 0.316 e. The molecule has 1 aromatic carbocycles. The van der Waals surface area contributed by atoms with Gasteiger partial charge in [-0.1, -0.05) is 24.3 Å². The predicted molar refractivity (Wildman–Crippen MR) is 59.4 cm³/mol. The van der Waals surface area contributed by atoms with Crippen molar-refractivity contribution in [2.45, 2.75) is 25.2 Å². The van der Waals surface area contributed by atoms with Crippen LogP contribution in [0.2, 0.25) is 0 Å². The molecule has 0 unspecified atom stereocenters. The number of fused-ring (bicyclic) bond motifs is 1. The van der Waals surface area contributed by atoms with E-state index in [-0.39, 0.29) is 11.8 Å². The zero-order valence-electron chi connectivity index (χ0n) is 9.45. The second-order valence-electron chi connectivity index (χ2n) is 4.29. The molecule has 1 aliphatic carbocycles. The van der Waals surface area contributed by atoms with Crippen LogP contribution in [0.4, 0.5) is 0 Å². The highest BCUT2D eigenvalue weighted by Crippen LogP contribution is 2.37. The SMILES string of the molecule is COC(=O)[C@@]1(C)CCC(=O)c2ccccc21. The van der Waals surface area contributed by atoms with E-state index < -0.39 is 5.41 Å². The summed E-state index contributed by atoms with van der Waals surface area (Å²) in [5, 5.41) is 0. The molecule has 3 nitrogen and oxygen atoms in total. The summed E-state index contributed by atoms with van der Waals surface area (Å²) < 4.78 is 4.83. The third-order valence-electron chi connectivity index (χ3n) is 3.31. The fourth-order valence-electron chi connectivity index (χ4n) is 2.28. The molecule has 3 heteroatoms. The lowest BCUT2D eigenvalue weighted by atomic mass is 9.71. The molecule has 84 valence electrons. The second-order valence-corrected chi connectivity index (χ2v) is 4.29. The number of Topliss-reactive ketones (excluding diaryl/α,β-unsaturated/α-hetero) is 1. The first-order valence-corrected chi connectivity index (χ1v) is 5.31. The minimum absolute atomic E-state index is 0.108. The van der Waals surface area contributed by atoms with E-state index in [1.165, 1.54) is 7.11 Å². The zero-order chi connectivity index (χ0) is 11.8. The van der Waals surface area contributed by atoms with Crippen LogP contribution in [0.1, 0.15) is 35.7 Å². The lowest BCUT2D eigenvalue weighted by Crippen LogP contribution is -2.38. The molecule has 0 bridgehead atoms. The average molecular weight is 218 g/mol. The summed E-state index contributed by atoms with van der Waals surface area (Å²) in [7, 11) is 1.38. The number of rotatable bonds is 1. The third-order valence-corrected chi connectivity index (χ3v) is 3.31. The fourth-order valence-corrected chi connectivity index (χ4v) is 2.28. The van der Waals surface area contributed by atoms with Crippen molar-refractivity contribution in [2.24, 2.45) is 0 Å². The molecule has 16 heavy (non-hydrogen) atoms. The first-order chi connectivity index (χ1) is 7.59. The van der Waals surface area contributed by atoms with E-state index >= 15 is 0 Å². The average Bonchev–Trinajstić information content (AvgIpc) is 2.33. The molecule has 1 atom stereocenters. The second kappa shape index (κ2) is 3.74. The molecule has 0 aromatic heterocycles. The van der Waals surface area contributed by atoms with Gasteiger partial charge in [0.15, 0.2) is 5.78 Å². The minimum atomic E-state index is -0.681. The highest BCUT2D eigenvalue weighted by molar-refractivity contribution is 6.02. The van der Waals surface area contributed by atoms with Crippen LogP contribution in [0.25, 0.3) is 0 Å². The Kier molecular flexibility index (Phi) is 2.54. The molecule has 0 N–H and O–H groups in total. The molecule has 0 spiro atoms. The Balaban J connectivity index is 2.57. The van der Waals surface area contributed by atoms with Crippen LogP contribution < -0.4 is 0 Å². The number of esters is 1. The van der Waals surface area contributed by atoms with Crippen LogP contribution in [0.3, 0.4) is 0 Å². The van der Waals surface area contributed by atoms with Crippen molar-refractivity contribution in [1.29, 1.82) is 0 Å². The maximum absolute atomic E-state index is 11.8. The fraction of sp³-hybridized carbons (Fsp3) is 0.385. The van der Waals surface area contributed by atoms with Crippen LogP contribution in [0.5, 0.6) is 0 Å². The molecule has 2 rings (SSSR count). The summed E-state index contributed by atoms with van der Waals surface area (Å²) in [5.41, 5.74) is 0.763. The van der Waals surface area contributed by atoms with Crippen LogP contribution >= 0.6 is 0 Å². The van der Waals surface area contributed by atoms with E-state index in [9.17, 15) is 9.59 Å². The summed E-state index contributed by atoms with van der Waals surface area (Å²) in [6, 6.07) is 7.28. The Hall–Kier alpha value is -1.64. The molecule has 0 saturated carbocycles. The first-order valence-electron chi connectivity index (χ1n) is 5.31. The van der Waals surface area contributed by atoms with Crippen molar-refractivity contribution >= 4 is 11.8 Å². The van der Waals surface area contributed by atoms with Gasteiger partial charge in [0.05, 0.1) is 12.5 Å². The number of benzene rings is 1. The van der Waals surface area contributed by atoms with E-state index in [1.54, 1.807) is 6.07 Å². The molecule has 0 aliphatic heterocycles. The molecule has 0 heterocycles. The summed E-state index contributed by atoms with van der Waals surface area (Å²) in [6.07, 6.45) is 0.929. The molecular formula is C13H14O3. The van der Waals surface area contributed by atoms with Crippen molar-refractivity contribution in [2.75, 3.05) is 7.11 Å². The van der Waals surface area contributed by atoms with Gasteiger partial charge >= 0.3 is 5.97 Å². The van der Waals surface area contributed by atoms with Gasteiger partial charge in [-0.3, -0.25) is 9.59 Å². The minimum Gasteiger partial charge on any atom is -0.468 e. The molecular weight excluding hydrogens is 204 g/mol. The van der Waals surface area contributed by atoms with E-state index in [0.29, 0.717) is 18.4 Å². The topological polar surface area (TPSA) is 43.4 Å². The van der Waals surface area contributed by atoms with Crippen LogP contribution in [0.15, 0.2) is 24.3 Å². The van der Waals surface area contributed by atoms with E-state index in [2.05, 4.69) is 0 Å². The molecule has 0 radical (unpaired) electrons. The highest BCUT2D eigenvalue weighted by atomic mass is 16.5. The van der Waals surface area contributed by atoms with Gasteiger partial charge in [-0.25, -0.2) is 0 Å². The van der Waals surface area contributed by atoms with Crippen LogP contribution in [0, 0.1) is 0 Å². The maximum atomic E-state index is 11.8. The van der Waals surface area contributed by atoms with Crippen molar-refractivity contribution in [3.8, 4) is 0 Å². The van der Waals surface area contributed by atoms with Crippen molar-refractivity contribution in [1.82, 2.24) is 0 Å². The van der Waals surface area contributed by atoms with Gasteiger partial charge in [-0.15, -0.1) is 0 Å². The number of hydrogen-bond donors (Lipinski definition) is 0. The summed E-state index contributed by atoms with van der Waals surface area (Å²) in [5.74, 6) is -0.163.